The molecule has 0 amide bonds. The first-order valence-electron chi connectivity index (χ1n) is 2.58. The van der Waals surface area contributed by atoms with E-state index in [2.05, 4.69) is 0 Å². The Morgan fingerprint density at radius 1 is 1.09 bits per heavy atom. The smallest absolute Gasteiger partial charge is 0.278 e. The van der Waals surface area contributed by atoms with Gasteiger partial charge in [0.2, 0.25) is 0 Å². The Morgan fingerprint density at radius 2 is 1.36 bits per heavy atom. The molecule has 0 atom stereocenters. The van der Waals surface area contributed by atoms with E-state index in [0.29, 0.717) is 0 Å². The lowest BCUT2D eigenvalue weighted by molar-refractivity contribution is 0.243. The van der Waals surface area contributed by atoms with Gasteiger partial charge >= 0.3 is 0 Å². The van der Waals surface area contributed by atoms with E-state index < -0.39 is 34.9 Å². The van der Waals surface area contributed by atoms with Gasteiger partial charge in [0, 0.05) is 0 Å². The number of hydrogen-bond acceptors (Lipinski definition) is 2. The van der Waals surface area contributed by atoms with E-state index in [9.17, 15) is 21.6 Å². The first-order valence-corrected chi connectivity index (χ1v) is 4.02. The van der Waals surface area contributed by atoms with Crippen LogP contribution in [0.2, 0.25) is 0 Å². The number of halogens is 3. The molecule has 1 N–H and O–H groups in total. The van der Waals surface area contributed by atoms with E-state index >= 15 is 0 Å². The van der Waals surface area contributed by atoms with Crippen LogP contribution < -0.4 is 0 Å². The van der Waals surface area contributed by atoms with E-state index in [1.165, 1.54) is 0 Å². The molecule has 7 heteroatoms. The zero-order valence-corrected chi connectivity index (χ0v) is 6.24. The highest BCUT2D eigenvalue weighted by Crippen LogP contribution is 2.18. The molecule has 0 aromatic rings. The molecule has 0 fully saturated rings. The maximum absolute atomic E-state index is 11.8. The fourth-order valence-electron chi connectivity index (χ4n) is 0.314. The van der Waals surface area contributed by atoms with Crippen molar-refractivity contribution in [1.29, 1.82) is 0 Å². The molecule has 0 aliphatic rings. The maximum Gasteiger partial charge on any atom is 0.278 e. The Hall–Kier alpha value is -0.300. The monoisotopic (exact) mass is 192 g/mol. The Balaban J connectivity index is 4.86. The quantitative estimate of drug-likeness (QED) is 0.660. The summed E-state index contributed by atoms with van der Waals surface area (Å²) in [7, 11) is -5.00. The van der Waals surface area contributed by atoms with Crippen LogP contribution in [-0.4, -0.2) is 37.7 Å². The van der Waals surface area contributed by atoms with Crippen LogP contribution in [0, 0.1) is 0 Å². The number of rotatable bonds is 4. The molecule has 68 valence electrons. The van der Waals surface area contributed by atoms with Crippen molar-refractivity contribution >= 4 is 10.1 Å². The van der Waals surface area contributed by atoms with Gasteiger partial charge in [0.1, 0.15) is 20.0 Å². The van der Waals surface area contributed by atoms with Crippen molar-refractivity contribution < 1.29 is 26.1 Å². The average molecular weight is 192 g/mol. The summed E-state index contributed by atoms with van der Waals surface area (Å²) >= 11 is 0. The Labute approximate surface area is 62.0 Å². The third-order valence-electron chi connectivity index (χ3n) is 1.28. The summed E-state index contributed by atoms with van der Waals surface area (Å²) in [5, 5.41) is 0. The topological polar surface area (TPSA) is 54.4 Å². The van der Waals surface area contributed by atoms with Gasteiger partial charge in [-0.25, -0.2) is 13.2 Å². The second-order valence-corrected chi connectivity index (χ2v) is 3.88. The van der Waals surface area contributed by atoms with Crippen LogP contribution in [0.4, 0.5) is 13.2 Å². The lowest BCUT2D eigenvalue weighted by Crippen LogP contribution is -2.45. The van der Waals surface area contributed by atoms with Gasteiger partial charge in [-0.05, 0) is 0 Å². The summed E-state index contributed by atoms with van der Waals surface area (Å²) in [5.74, 6) is 0. The Kier molecular flexibility index (Phi) is 3.30. The van der Waals surface area contributed by atoms with Crippen LogP contribution in [-0.2, 0) is 10.1 Å². The molecule has 0 unspecified atom stereocenters. The van der Waals surface area contributed by atoms with Gasteiger partial charge in [-0.3, -0.25) is 4.55 Å². The van der Waals surface area contributed by atoms with Gasteiger partial charge in [-0.1, -0.05) is 0 Å². The van der Waals surface area contributed by atoms with E-state index in [1.54, 1.807) is 0 Å². The molecule has 0 aromatic carbocycles. The van der Waals surface area contributed by atoms with Crippen molar-refractivity contribution in [3.8, 4) is 0 Å². The molecule has 0 radical (unpaired) electrons. The molecule has 0 aliphatic carbocycles. The van der Waals surface area contributed by atoms with Crippen molar-refractivity contribution in [3.63, 3.8) is 0 Å². The van der Waals surface area contributed by atoms with Crippen LogP contribution >= 0.6 is 0 Å². The van der Waals surface area contributed by atoms with Crippen molar-refractivity contribution in [2.24, 2.45) is 0 Å². The largest absolute Gasteiger partial charge is 0.285 e. The second kappa shape index (κ2) is 3.40. The summed E-state index contributed by atoms with van der Waals surface area (Å²) in [5.41, 5.74) is 0. The highest BCUT2D eigenvalue weighted by molar-refractivity contribution is 7.87. The summed E-state index contributed by atoms with van der Waals surface area (Å²) in [6.45, 7) is -5.34. The van der Waals surface area contributed by atoms with Gasteiger partial charge in [-0.15, -0.1) is 0 Å². The molecule has 0 bridgehead atoms. The molecule has 0 spiro atoms. The lowest BCUT2D eigenvalue weighted by Gasteiger charge is -2.19. The molecular formula is C4H7F3O3S. The van der Waals surface area contributed by atoms with E-state index in [1.807, 2.05) is 0 Å². The summed E-state index contributed by atoms with van der Waals surface area (Å²) in [6.07, 6.45) is 0. The summed E-state index contributed by atoms with van der Waals surface area (Å²) in [4.78, 5) is 0. The van der Waals surface area contributed by atoms with Crippen LogP contribution in [0.15, 0.2) is 0 Å². The number of hydrogen-bond donors (Lipinski definition) is 1. The van der Waals surface area contributed by atoms with Crippen molar-refractivity contribution in [1.82, 2.24) is 0 Å². The van der Waals surface area contributed by atoms with Gasteiger partial charge in [-0.2, -0.15) is 8.42 Å². The molecule has 3 nitrogen and oxygen atoms in total. The van der Waals surface area contributed by atoms with Crippen molar-refractivity contribution in [2.45, 2.75) is 4.75 Å². The highest BCUT2D eigenvalue weighted by Gasteiger charge is 2.44. The van der Waals surface area contributed by atoms with E-state index in [4.69, 9.17) is 4.55 Å². The summed E-state index contributed by atoms with van der Waals surface area (Å²) in [6, 6.07) is 0. The molecule has 0 saturated heterocycles. The predicted octanol–water partition coefficient (Wildman–Crippen LogP) is 0.522. The standard InChI is InChI=1S/C4H7F3O3S/c5-1-4(2-6,3-7)11(8,9)10/h1-3H2,(H,8,9,10). The Bertz CT molecular complexity index is 200. The predicted molar refractivity (Wildman–Crippen MR) is 32.2 cm³/mol. The fourth-order valence-corrected chi connectivity index (χ4v) is 0.728. The third-order valence-corrected chi connectivity index (χ3v) is 2.70. The SMILES string of the molecule is O=S(=O)(O)C(CF)(CF)CF. The second-order valence-electron chi connectivity index (χ2n) is 2.06. The zero-order chi connectivity index (χ0) is 9.12. The molecule has 0 aliphatic heterocycles. The van der Waals surface area contributed by atoms with Crippen molar-refractivity contribution in [2.75, 3.05) is 20.0 Å². The van der Waals surface area contributed by atoms with Gasteiger partial charge in [0.05, 0.1) is 0 Å². The Morgan fingerprint density at radius 3 is 1.36 bits per heavy atom. The van der Waals surface area contributed by atoms with Gasteiger partial charge < -0.3 is 0 Å². The van der Waals surface area contributed by atoms with Gasteiger partial charge in [0.15, 0.2) is 4.75 Å². The minimum Gasteiger partial charge on any atom is -0.285 e. The van der Waals surface area contributed by atoms with Gasteiger partial charge in [0.25, 0.3) is 10.1 Å². The van der Waals surface area contributed by atoms with Crippen LogP contribution in [0.3, 0.4) is 0 Å². The van der Waals surface area contributed by atoms with Crippen molar-refractivity contribution in [3.05, 3.63) is 0 Å². The molecule has 0 aromatic heterocycles. The third kappa shape index (κ3) is 1.84. The lowest BCUT2D eigenvalue weighted by atomic mass is 10.2. The minimum absolute atomic E-state index is 1.78. The average Bonchev–Trinajstić information content (AvgIpc) is 1.90. The molecule has 11 heavy (non-hydrogen) atoms. The van der Waals surface area contributed by atoms with E-state index in [0.717, 1.165) is 0 Å². The fraction of sp³-hybridized carbons (Fsp3) is 1.00. The normalized spacial score (nSPS) is 13.5. The highest BCUT2D eigenvalue weighted by atomic mass is 32.2. The molecule has 0 saturated carbocycles. The molecule has 0 rings (SSSR count). The van der Waals surface area contributed by atoms with E-state index in [-0.39, 0.29) is 0 Å². The molecular weight excluding hydrogens is 185 g/mol. The molecule has 0 heterocycles. The maximum atomic E-state index is 11.8. The van der Waals surface area contributed by atoms with Crippen LogP contribution in [0.1, 0.15) is 0 Å². The summed E-state index contributed by atoms with van der Waals surface area (Å²) < 4.78 is 61.0. The zero-order valence-electron chi connectivity index (χ0n) is 5.43. The van der Waals surface area contributed by atoms with Crippen LogP contribution in [0.25, 0.3) is 0 Å². The van der Waals surface area contributed by atoms with Crippen LogP contribution in [0.5, 0.6) is 0 Å². The minimum atomic E-state index is -5.00. The first kappa shape index (κ1) is 10.7. The first-order chi connectivity index (χ1) is 4.93. The number of alkyl halides is 3.